The predicted octanol–water partition coefficient (Wildman–Crippen LogP) is 3.26. The average molecular weight is 224 g/mol. The number of thioether (sulfide) groups is 1. The summed E-state index contributed by atoms with van der Waals surface area (Å²) >= 11 is 1.77. The van der Waals surface area contributed by atoms with Gasteiger partial charge in [-0.1, -0.05) is 20.8 Å². The summed E-state index contributed by atoms with van der Waals surface area (Å²) < 4.78 is 0. The molecule has 1 aliphatic rings. The van der Waals surface area contributed by atoms with Gasteiger partial charge >= 0.3 is 0 Å². The first-order chi connectivity index (χ1) is 6.90. The predicted molar refractivity (Wildman–Crippen MR) is 62.7 cm³/mol. The van der Waals surface area contributed by atoms with Crippen molar-refractivity contribution in [3.05, 3.63) is 17.7 Å². The number of rotatable bonds is 0. The van der Waals surface area contributed by atoms with Crippen LogP contribution in [0.3, 0.4) is 0 Å². The molecule has 0 saturated heterocycles. The lowest BCUT2D eigenvalue weighted by Crippen LogP contribution is -2.26. The van der Waals surface area contributed by atoms with Crippen molar-refractivity contribution < 1.29 is 10.2 Å². The molecule has 1 atom stereocenters. The van der Waals surface area contributed by atoms with E-state index in [4.69, 9.17) is 0 Å². The highest BCUT2D eigenvalue weighted by molar-refractivity contribution is 8.00. The Morgan fingerprint density at radius 2 is 1.87 bits per heavy atom. The maximum Gasteiger partial charge on any atom is 0.158 e. The first-order valence-electron chi connectivity index (χ1n) is 5.13. The summed E-state index contributed by atoms with van der Waals surface area (Å²) in [6.45, 7) is 6.55. The van der Waals surface area contributed by atoms with Crippen LogP contribution in [0.5, 0.6) is 11.5 Å². The lowest BCUT2D eigenvalue weighted by atomic mass is 9.80. The van der Waals surface area contributed by atoms with E-state index in [0.717, 1.165) is 16.9 Å². The largest absolute Gasteiger partial charge is 0.504 e. The van der Waals surface area contributed by atoms with Gasteiger partial charge in [0.1, 0.15) is 0 Å². The third-order valence-corrected chi connectivity index (χ3v) is 4.09. The molecule has 1 aliphatic heterocycles. The molecule has 1 unspecified atom stereocenters. The van der Waals surface area contributed by atoms with E-state index in [0.29, 0.717) is 5.25 Å². The van der Waals surface area contributed by atoms with Crippen LogP contribution in [0.15, 0.2) is 17.0 Å². The molecule has 82 valence electrons. The van der Waals surface area contributed by atoms with Crippen LogP contribution in [0.1, 0.15) is 32.8 Å². The highest BCUT2D eigenvalue weighted by Gasteiger charge is 2.32. The molecule has 0 fully saturated rings. The molecular formula is C12H16O2S. The molecule has 0 spiro atoms. The number of hydrogen-bond acceptors (Lipinski definition) is 3. The zero-order chi connectivity index (χ0) is 11.2. The summed E-state index contributed by atoms with van der Waals surface area (Å²) in [5.74, 6) is -0.0388. The lowest BCUT2D eigenvalue weighted by Gasteiger charge is -2.35. The molecule has 2 nitrogen and oxygen atoms in total. The van der Waals surface area contributed by atoms with E-state index < -0.39 is 0 Å². The van der Waals surface area contributed by atoms with Gasteiger partial charge in [-0.25, -0.2) is 0 Å². The summed E-state index contributed by atoms with van der Waals surface area (Å²) in [5, 5.41) is 19.5. The van der Waals surface area contributed by atoms with Gasteiger partial charge in [0.15, 0.2) is 11.5 Å². The van der Waals surface area contributed by atoms with Crippen molar-refractivity contribution in [3.8, 4) is 11.5 Å². The Kier molecular flexibility index (Phi) is 2.38. The zero-order valence-corrected chi connectivity index (χ0v) is 10.1. The Hall–Kier alpha value is -0.830. The molecular weight excluding hydrogens is 208 g/mol. The van der Waals surface area contributed by atoms with Crippen LogP contribution in [0.25, 0.3) is 0 Å². The minimum Gasteiger partial charge on any atom is -0.504 e. The molecule has 3 heteroatoms. The van der Waals surface area contributed by atoms with Crippen molar-refractivity contribution in [2.45, 2.75) is 42.8 Å². The Morgan fingerprint density at radius 1 is 1.27 bits per heavy atom. The van der Waals surface area contributed by atoms with Crippen molar-refractivity contribution in [2.75, 3.05) is 0 Å². The third-order valence-electron chi connectivity index (χ3n) is 2.93. The highest BCUT2D eigenvalue weighted by Crippen LogP contribution is 2.48. The van der Waals surface area contributed by atoms with Gasteiger partial charge in [-0.15, -0.1) is 11.8 Å². The fourth-order valence-electron chi connectivity index (χ4n) is 2.27. The van der Waals surface area contributed by atoms with E-state index in [-0.39, 0.29) is 16.9 Å². The number of hydrogen-bond donors (Lipinski definition) is 2. The van der Waals surface area contributed by atoms with Crippen LogP contribution in [0.2, 0.25) is 0 Å². The van der Waals surface area contributed by atoms with Crippen molar-refractivity contribution in [1.29, 1.82) is 0 Å². The van der Waals surface area contributed by atoms with Crippen LogP contribution in [-0.4, -0.2) is 15.5 Å². The van der Waals surface area contributed by atoms with Gasteiger partial charge in [0.25, 0.3) is 0 Å². The number of phenols is 2. The first-order valence-corrected chi connectivity index (χ1v) is 6.01. The van der Waals surface area contributed by atoms with Crippen LogP contribution < -0.4 is 0 Å². The number of phenolic OH excluding ortho intramolecular Hbond substituents is 2. The SMILES string of the molecule is CC1CC(C)(C)c2cc(O)c(O)cc2S1. The van der Waals surface area contributed by atoms with Gasteiger partial charge in [0, 0.05) is 10.1 Å². The van der Waals surface area contributed by atoms with Gasteiger partial charge in [0.2, 0.25) is 0 Å². The Balaban J connectivity index is 2.58. The van der Waals surface area contributed by atoms with Gasteiger partial charge in [-0.2, -0.15) is 0 Å². The molecule has 2 N–H and O–H groups in total. The van der Waals surface area contributed by atoms with Crippen LogP contribution >= 0.6 is 11.8 Å². The van der Waals surface area contributed by atoms with Gasteiger partial charge in [0.05, 0.1) is 0 Å². The topological polar surface area (TPSA) is 40.5 Å². The number of aromatic hydroxyl groups is 2. The second kappa shape index (κ2) is 3.34. The first kappa shape index (κ1) is 10.7. The quantitative estimate of drug-likeness (QED) is 0.664. The number of fused-ring (bicyclic) bond motifs is 1. The normalized spacial score (nSPS) is 23.5. The van der Waals surface area contributed by atoms with E-state index in [9.17, 15) is 10.2 Å². The van der Waals surface area contributed by atoms with Crippen molar-refractivity contribution in [2.24, 2.45) is 0 Å². The highest BCUT2D eigenvalue weighted by atomic mass is 32.2. The molecule has 0 aliphatic carbocycles. The van der Waals surface area contributed by atoms with E-state index in [2.05, 4.69) is 20.8 Å². The summed E-state index contributed by atoms with van der Waals surface area (Å²) in [7, 11) is 0. The molecule has 1 heterocycles. The summed E-state index contributed by atoms with van der Waals surface area (Å²) in [6.07, 6.45) is 1.09. The van der Waals surface area contributed by atoms with Crippen LogP contribution in [-0.2, 0) is 5.41 Å². The van der Waals surface area contributed by atoms with E-state index in [1.807, 2.05) is 0 Å². The molecule has 0 aromatic heterocycles. The van der Waals surface area contributed by atoms with E-state index >= 15 is 0 Å². The summed E-state index contributed by atoms with van der Waals surface area (Å²) in [5.41, 5.74) is 1.21. The Bertz CT molecular complexity index is 399. The van der Waals surface area contributed by atoms with Crippen LogP contribution in [0, 0.1) is 0 Å². The van der Waals surface area contributed by atoms with E-state index in [1.165, 1.54) is 0 Å². The zero-order valence-electron chi connectivity index (χ0n) is 9.24. The van der Waals surface area contributed by atoms with Gasteiger partial charge < -0.3 is 10.2 Å². The maximum absolute atomic E-state index is 9.51. The maximum atomic E-state index is 9.51. The molecule has 0 amide bonds. The van der Waals surface area contributed by atoms with Crippen molar-refractivity contribution in [3.63, 3.8) is 0 Å². The minimum atomic E-state index is -0.0221. The summed E-state index contributed by atoms with van der Waals surface area (Å²) in [6, 6.07) is 3.37. The smallest absolute Gasteiger partial charge is 0.158 e. The fourth-order valence-corrected chi connectivity index (χ4v) is 3.85. The van der Waals surface area contributed by atoms with Crippen molar-refractivity contribution >= 4 is 11.8 Å². The lowest BCUT2D eigenvalue weighted by molar-refractivity contribution is 0.394. The number of benzene rings is 1. The van der Waals surface area contributed by atoms with Gasteiger partial charge in [-0.05, 0) is 29.5 Å². The Morgan fingerprint density at radius 3 is 2.53 bits per heavy atom. The molecule has 0 saturated carbocycles. The van der Waals surface area contributed by atoms with E-state index in [1.54, 1.807) is 23.9 Å². The second-order valence-electron chi connectivity index (χ2n) is 4.85. The Labute approximate surface area is 94.3 Å². The standard InChI is InChI=1S/C12H16O2S/c1-7-6-12(2,3)8-4-9(13)10(14)5-11(8)15-7/h4-5,7,13-14H,6H2,1-3H3. The van der Waals surface area contributed by atoms with Crippen LogP contribution in [0.4, 0.5) is 0 Å². The fraction of sp³-hybridized carbons (Fsp3) is 0.500. The average Bonchev–Trinajstić information content (AvgIpc) is 2.07. The van der Waals surface area contributed by atoms with Gasteiger partial charge in [-0.3, -0.25) is 0 Å². The molecule has 2 rings (SSSR count). The molecule has 0 bridgehead atoms. The molecule has 0 radical (unpaired) electrons. The molecule has 15 heavy (non-hydrogen) atoms. The second-order valence-corrected chi connectivity index (χ2v) is 6.33. The molecule has 1 aromatic carbocycles. The van der Waals surface area contributed by atoms with Crippen molar-refractivity contribution in [1.82, 2.24) is 0 Å². The molecule has 1 aromatic rings. The third kappa shape index (κ3) is 1.81. The minimum absolute atomic E-state index is 0.0167. The monoisotopic (exact) mass is 224 g/mol. The summed E-state index contributed by atoms with van der Waals surface area (Å²) in [4.78, 5) is 1.09.